The van der Waals surface area contributed by atoms with E-state index in [4.69, 9.17) is 18.9 Å². The van der Waals surface area contributed by atoms with E-state index in [9.17, 15) is 51.5 Å². The second-order valence-electron chi connectivity index (χ2n) is 14.5. The highest BCUT2D eigenvalue weighted by atomic mass is 19.1. The number of ether oxygens (including phenoxy) is 12. The zero-order valence-electron chi connectivity index (χ0n) is 35.2. The quantitative estimate of drug-likeness (QED) is 0.108. The van der Waals surface area contributed by atoms with Gasteiger partial charge in [-0.1, -0.05) is 51.1 Å². The molecule has 0 N–H and O–H groups in total. The number of hydrogen-bond donors (Lipinski definition) is 0. The highest BCUT2D eigenvalue weighted by Crippen LogP contribution is 2.25. The van der Waals surface area contributed by atoms with Crippen molar-refractivity contribution in [2.75, 3.05) is 26.4 Å². The summed E-state index contributed by atoms with van der Waals surface area (Å²) in [7, 11) is 0. The number of hydrogen-bond acceptors (Lipinski definition) is 20. The summed E-state index contributed by atoms with van der Waals surface area (Å²) in [6.07, 6.45) is -7.85. The number of halogens is 3. The van der Waals surface area contributed by atoms with E-state index in [0.29, 0.717) is 5.75 Å². The van der Waals surface area contributed by atoms with Gasteiger partial charge in [0.2, 0.25) is 24.4 Å². The fourth-order valence-corrected chi connectivity index (χ4v) is 5.08. The molecule has 4 aliphatic rings. The number of rotatable bonds is 8. The average molecular weight is 943 g/mol. The summed E-state index contributed by atoms with van der Waals surface area (Å²) >= 11 is 0. The molecule has 67 heavy (non-hydrogen) atoms. The van der Waals surface area contributed by atoms with Crippen LogP contribution in [-0.2, 0) is 62.5 Å². The van der Waals surface area contributed by atoms with E-state index in [2.05, 4.69) is 58.7 Å². The molecule has 0 aromatic heterocycles. The molecule has 4 unspecified atom stereocenters. The highest BCUT2D eigenvalue weighted by Gasteiger charge is 2.36. The molecule has 4 heterocycles. The normalized spacial score (nSPS) is 18.8. The summed E-state index contributed by atoms with van der Waals surface area (Å²) in [6, 6.07) is 22.7. The molecule has 0 saturated carbocycles. The number of carbonyl (C=O) groups is 8. The first-order valence-electron chi connectivity index (χ1n) is 19.4. The Balaban J connectivity index is 0.000000168. The minimum absolute atomic E-state index is 0.0390. The molecule has 23 heteroatoms. The Morgan fingerprint density at radius 2 is 0.851 bits per heavy atom. The van der Waals surface area contributed by atoms with Crippen molar-refractivity contribution < 1.29 is 108 Å². The van der Waals surface area contributed by atoms with Gasteiger partial charge < -0.3 is 56.8 Å². The van der Waals surface area contributed by atoms with Gasteiger partial charge >= 0.3 is 48.5 Å². The Hall–Kier alpha value is -8.37. The van der Waals surface area contributed by atoms with Crippen LogP contribution >= 0.6 is 0 Å². The first-order valence-corrected chi connectivity index (χ1v) is 19.4. The van der Waals surface area contributed by atoms with Crippen molar-refractivity contribution in [1.82, 2.24) is 0 Å². The van der Waals surface area contributed by atoms with Crippen LogP contribution < -0.4 is 18.9 Å². The van der Waals surface area contributed by atoms with Gasteiger partial charge in [0.05, 0.1) is 0 Å². The number of esters is 4. The zero-order chi connectivity index (χ0) is 48.7. The highest BCUT2D eigenvalue weighted by molar-refractivity contribution is 5.83. The molecule has 8 rings (SSSR count). The molecular formula is C44H37F3O20. The minimum Gasteiger partial charge on any atom is -0.430 e. The fraction of sp³-hybridized carbons (Fsp3) is 0.273. The molecule has 4 aliphatic heterocycles. The summed E-state index contributed by atoms with van der Waals surface area (Å²) in [5.41, 5.74) is 1.18. The fourth-order valence-electron chi connectivity index (χ4n) is 5.08. The van der Waals surface area contributed by atoms with Gasteiger partial charge in [-0.2, -0.15) is 0 Å². The van der Waals surface area contributed by atoms with Crippen molar-refractivity contribution in [3.8, 4) is 23.0 Å². The van der Waals surface area contributed by atoms with E-state index >= 15 is 0 Å². The molecule has 4 atom stereocenters. The van der Waals surface area contributed by atoms with Crippen LogP contribution in [0.25, 0.3) is 0 Å². The third-order valence-corrected chi connectivity index (χ3v) is 8.45. The lowest BCUT2D eigenvalue weighted by Gasteiger charge is -2.19. The second-order valence-corrected chi connectivity index (χ2v) is 14.5. The maximum Gasteiger partial charge on any atom is 0.509 e. The lowest BCUT2D eigenvalue weighted by molar-refractivity contribution is -0.142. The molecule has 4 saturated heterocycles. The molecule has 354 valence electrons. The predicted octanol–water partition coefficient (Wildman–Crippen LogP) is 6.22. The van der Waals surface area contributed by atoms with Crippen molar-refractivity contribution in [1.29, 1.82) is 0 Å². The van der Waals surface area contributed by atoms with Crippen LogP contribution in [0.15, 0.2) is 97.1 Å². The first-order chi connectivity index (χ1) is 31.8. The second kappa shape index (κ2) is 23.0. The molecule has 4 aromatic rings. The van der Waals surface area contributed by atoms with Crippen LogP contribution in [0.3, 0.4) is 0 Å². The van der Waals surface area contributed by atoms with Crippen molar-refractivity contribution in [2.45, 2.75) is 50.6 Å². The van der Waals surface area contributed by atoms with Crippen LogP contribution in [0.1, 0.15) is 26.3 Å². The Labute approximate surface area is 376 Å². The van der Waals surface area contributed by atoms with Crippen LogP contribution in [0.4, 0.5) is 32.3 Å². The van der Waals surface area contributed by atoms with Crippen LogP contribution in [0.5, 0.6) is 23.0 Å². The Kier molecular flexibility index (Phi) is 17.0. The summed E-state index contributed by atoms with van der Waals surface area (Å²) in [5, 5.41) is 0. The summed E-state index contributed by atoms with van der Waals surface area (Å²) < 4.78 is 93.7. The van der Waals surface area contributed by atoms with Gasteiger partial charge in [0.1, 0.15) is 55.3 Å². The average Bonchev–Trinajstić information content (AvgIpc) is 4.12. The number of para-hydroxylation sites is 1. The predicted molar refractivity (Wildman–Crippen MR) is 212 cm³/mol. The van der Waals surface area contributed by atoms with Gasteiger partial charge in [0, 0.05) is 6.07 Å². The number of cyclic esters (lactones) is 8. The number of benzene rings is 4. The third kappa shape index (κ3) is 15.7. The van der Waals surface area contributed by atoms with E-state index in [1.807, 2.05) is 12.1 Å². The van der Waals surface area contributed by atoms with Crippen molar-refractivity contribution in [3.63, 3.8) is 0 Å². The van der Waals surface area contributed by atoms with E-state index < -0.39 is 90.4 Å². The zero-order valence-corrected chi connectivity index (χ0v) is 35.2. The SMILES string of the molecule is CC(C)(C)c1ccc(OC(=O)C2COC(=O)O2)cc1.O=C1OCC(C(=O)Oc2ccc(F)cc2)O1.O=C1OCC(C(=O)Oc2cccc(F)c2)O1.O=C1OCC(C(=O)Oc2ccccc2F)O1. The van der Waals surface area contributed by atoms with Gasteiger partial charge in [0.25, 0.3) is 0 Å². The van der Waals surface area contributed by atoms with Gasteiger partial charge in [-0.15, -0.1) is 0 Å². The van der Waals surface area contributed by atoms with E-state index in [0.717, 1.165) is 29.8 Å². The van der Waals surface area contributed by atoms with Crippen molar-refractivity contribution in [3.05, 3.63) is 120 Å². The molecule has 0 bridgehead atoms. The maximum atomic E-state index is 13.1. The van der Waals surface area contributed by atoms with Crippen LogP contribution in [-0.4, -0.2) is 99.3 Å². The van der Waals surface area contributed by atoms with Crippen molar-refractivity contribution in [2.24, 2.45) is 0 Å². The summed E-state index contributed by atoms with van der Waals surface area (Å²) in [6.45, 7) is 5.63. The van der Waals surface area contributed by atoms with E-state index in [1.54, 1.807) is 12.1 Å². The molecule has 4 fully saturated rings. The molecule has 0 spiro atoms. The lowest BCUT2D eigenvalue weighted by Crippen LogP contribution is -2.28. The topological polar surface area (TPSA) is 247 Å². The van der Waals surface area contributed by atoms with Crippen LogP contribution in [0, 0.1) is 17.5 Å². The van der Waals surface area contributed by atoms with Crippen molar-refractivity contribution >= 4 is 48.5 Å². The first kappa shape index (κ1) is 49.6. The van der Waals surface area contributed by atoms with Gasteiger partial charge in [-0.25, -0.2) is 51.5 Å². The largest absolute Gasteiger partial charge is 0.509 e. The molecular weight excluding hydrogens is 905 g/mol. The lowest BCUT2D eigenvalue weighted by atomic mass is 9.87. The standard InChI is InChI=1S/C14H16O5.3C10H7FO5/c1-14(2,3)9-4-6-10(7-5-9)18-12(15)11-8-17-13(16)19-11;11-6-1-3-7(4-2-6)15-9(12)8-5-14-10(13)16-8;11-6-2-1-3-7(4-6)15-9(12)8-5-14-10(13)16-8;11-6-3-1-2-4-7(6)15-9(12)8-5-14-10(13)16-8/h4-7,11H,8H2,1-3H3;3*1-4,8H,5H2. The third-order valence-electron chi connectivity index (χ3n) is 8.45. The maximum absolute atomic E-state index is 13.1. The van der Waals surface area contributed by atoms with E-state index in [-0.39, 0.29) is 49.1 Å². The molecule has 20 nitrogen and oxygen atoms in total. The Morgan fingerprint density at radius 3 is 1.22 bits per heavy atom. The van der Waals surface area contributed by atoms with Gasteiger partial charge in [-0.3, -0.25) is 0 Å². The summed E-state index contributed by atoms with van der Waals surface area (Å²) in [5.74, 6) is -4.24. The van der Waals surface area contributed by atoms with Gasteiger partial charge in [0.15, 0.2) is 11.6 Å². The Bertz CT molecular complexity index is 2440. The summed E-state index contributed by atoms with van der Waals surface area (Å²) in [4.78, 5) is 88.1. The monoisotopic (exact) mass is 942 g/mol. The van der Waals surface area contributed by atoms with Gasteiger partial charge in [-0.05, 0) is 71.6 Å². The van der Waals surface area contributed by atoms with Crippen LogP contribution in [0.2, 0.25) is 0 Å². The molecule has 0 amide bonds. The molecule has 4 aromatic carbocycles. The molecule has 0 aliphatic carbocycles. The van der Waals surface area contributed by atoms with E-state index in [1.165, 1.54) is 48.5 Å². The smallest absolute Gasteiger partial charge is 0.430 e. The number of carbonyl (C=O) groups excluding carboxylic acids is 8. The Morgan fingerprint density at radius 1 is 0.463 bits per heavy atom. The minimum atomic E-state index is -1.13. The molecule has 0 radical (unpaired) electrons.